The first-order chi connectivity index (χ1) is 6.36. The third-order valence-electron chi connectivity index (χ3n) is 1.70. The number of nitrogens with one attached hydrogen (secondary N) is 1. The average Bonchev–Trinajstić information content (AvgIpc) is 2.60. The molecule has 1 heterocycles. The lowest BCUT2D eigenvalue weighted by molar-refractivity contribution is 0.243. The molecule has 0 aliphatic rings. The fourth-order valence-electron chi connectivity index (χ4n) is 1.02. The van der Waals surface area contributed by atoms with Gasteiger partial charge in [-0.15, -0.1) is 6.58 Å². The fourth-order valence-corrected chi connectivity index (χ4v) is 1.02. The summed E-state index contributed by atoms with van der Waals surface area (Å²) < 4.78 is 5.27. The molecule has 0 bridgehead atoms. The van der Waals surface area contributed by atoms with Crippen molar-refractivity contribution in [1.29, 1.82) is 0 Å². The molecule has 0 spiro atoms. The average molecular weight is 181 g/mol. The van der Waals surface area contributed by atoms with E-state index >= 15 is 0 Å². The van der Waals surface area contributed by atoms with Gasteiger partial charge in [-0.3, -0.25) is 0 Å². The van der Waals surface area contributed by atoms with Crippen LogP contribution in [0.2, 0.25) is 0 Å². The molecule has 0 aliphatic heterocycles. The van der Waals surface area contributed by atoms with E-state index in [1.807, 2.05) is 12.1 Å². The Morgan fingerprint density at radius 2 is 2.23 bits per heavy atom. The maximum Gasteiger partial charge on any atom is 0.129 e. The lowest BCUT2D eigenvalue weighted by Gasteiger charge is -1.98. The van der Waals surface area contributed by atoms with E-state index in [4.69, 9.17) is 9.52 Å². The molecule has 1 aromatic heterocycles. The molecule has 0 aromatic carbocycles. The van der Waals surface area contributed by atoms with Crippen molar-refractivity contribution in [1.82, 2.24) is 5.32 Å². The molecule has 0 atom stereocenters. The second-order valence-electron chi connectivity index (χ2n) is 2.78. The van der Waals surface area contributed by atoms with Crippen molar-refractivity contribution in [3.63, 3.8) is 0 Å². The Kier molecular flexibility index (Phi) is 4.29. The molecule has 0 saturated carbocycles. The molecule has 0 fully saturated rings. The predicted molar refractivity (Wildman–Crippen MR) is 51.2 cm³/mol. The third-order valence-corrected chi connectivity index (χ3v) is 1.70. The topological polar surface area (TPSA) is 45.4 Å². The molecule has 0 unspecified atom stereocenters. The second-order valence-corrected chi connectivity index (χ2v) is 2.78. The molecule has 1 aromatic rings. The standard InChI is InChI=1S/C10H15NO2/c1-2-3-6-11-7-9-4-5-10(8-12)13-9/h2,4-5,11-12H,1,3,6-8H2. The van der Waals surface area contributed by atoms with Crippen LogP contribution in [-0.4, -0.2) is 11.7 Å². The second kappa shape index (κ2) is 5.56. The van der Waals surface area contributed by atoms with Crippen LogP contribution in [0.1, 0.15) is 17.9 Å². The number of furan rings is 1. The Morgan fingerprint density at radius 1 is 1.46 bits per heavy atom. The molecule has 1 rings (SSSR count). The molecule has 72 valence electrons. The molecule has 0 amide bonds. The van der Waals surface area contributed by atoms with E-state index in [1.165, 1.54) is 0 Å². The number of aliphatic hydroxyl groups excluding tert-OH is 1. The van der Waals surface area contributed by atoms with Crippen LogP contribution in [0.15, 0.2) is 29.2 Å². The summed E-state index contributed by atoms with van der Waals surface area (Å²) in [6, 6.07) is 3.65. The fraction of sp³-hybridized carbons (Fsp3) is 0.400. The van der Waals surface area contributed by atoms with Crippen molar-refractivity contribution in [2.75, 3.05) is 6.54 Å². The Hall–Kier alpha value is -1.06. The van der Waals surface area contributed by atoms with Gasteiger partial charge in [0, 0.05) is 0 Å². The van der Waals surface area contributed by atoms with Crippen molar-refractivity contribution in [2.45, 2.75) is 19.6 Å². The molecule has 13 heavy (non-hydrogen) atoms. The highest BCUT2D eigenvalue weighted by molar-refractivity contribution is 5.05. The van der Waals surface area contributed by atoms with Crippen molar-refractivity contribution < 1.29 is 9.52 Å². The largest absolute Gasteiger partial charge is 0.462 e. The highest BCUT2D eigenvalue weighted by Crippen LogP contribution is 2.06. The molecule has 0 saturated heterocycles. The zero-order chi connectivity index (χ0) is 9.52. The summed E-state index contributed by atoms with van der Waals surface area (Å²) in [6.45, 7) is 5.19. The number of hydrogen-bond donors (Lipinski definition) is 2. The van der Waals surface area contributed by atoms with E-state index in [9.17, 15) is 0 Å². The van der Waals surface area contributed by atoms with Crippen LogP contribution in [0.3, 0.4) is 0 Å². The summed E-state index contributed by atoms with van der Waals surface area (Å²) in [4.78, 5) is 0. The molecule has 3 heteroatoms. The molecule has 0 aliphatic carbocycles. The minimum Gasteiger partial charge on any atom is -0.462 e. The van der Waals surface area contributed by atoms with Gasteiger partial charge in [-0.05, 0) is 25.1 Å². The maximum atomic E-state index is 8.73. The van der Waals surface area contributed by atoms with Gasteiger partial charge in [-0.2, -0.15) is 0 Å². The van der Waals surface area contributed by atoms with Gasteiger partial charge in [0.25, 0.3) is 0 Å². The number of aliphatic hydroxyl groups is 1. The van der Waals surface area contributed by atoms with Gasteiger partial charge in [0.2, 0.25) is 0 Å². The summed E-state index contributed by atoms with van der Waals surface area (Å²) >= 11 is 0. The third kappa shape index (κ3) is 3.44. The predicted octanol–water partition coefficient (Wildman–Crippen LogP) is 1.44. The smallest absolute Gasteiger partial charge is 0.129 e. The molecular weight excluding hydrogens is 166 g/mol. The molecule has 2 N–H and O–H groups in total. The summed E-state index contributed by atoms with van der Waals surface area (Å²) in [7, 11) is 0. The minimum absolute atomic E-state index is 0.0351. The van der Waals surface area contributed by atoms with Gasteiger partial charge < -0.3 is 14.8 Å². The van der Waals surface area contributed by atoms with Gasteiger partial charge in [0.1, 0.15) is 18.1 Å². The van der Waals surface area contributed by atoms with Crippen LogP contribution >= 0.6 is 0 Å². The van der Waals surface area contributed by atoms with Gasteiger partial charge in [-0.1, -0.05) is 6.08 Å². The number of hydrogen-bond acceptors (Lipinski definition) is 3. The quantitative estimate of drug-likeness (QED) is 0.515. The Morgan fingerprint density at radius 3 is 2.85 bits per heavy atom. The van der Waals surface area contributed by atoms with Gasteiger partial charge in [0.05, 0.1) is 6.54 Å². The van der Waals surface area contributed by atoms with Crippen molar-refractivity contribution >= 4 is 0 Å². The van der Waals surface area contributed by atoms with E-state index in [2.05, 4.69) is 11.9 Å². The zero-order valence-electron chi connectivity index (χ0n) is 7.62. The molecule has 3 nitrogen and oxygen atoms in total. The summed E-state index contributed by atoms with van der Waals surface area (Å²) in [6.07, 6.45) is 2.82. The van der Waals surface area contributed by atoms with Crippen LogP contribution in [0.25, 0.3) is 0 Å². The van der Waals surface area contributed by atoms with Gasteiger partial charge in [0.15, 0.2) is 0 Å². The van der Waals surface area contributed by atoms with Crippen LogP contribution in [0.5, 0.6) is 0 Å². The van der Waals surface area contributed by atoms with Gasteiger partial charge >= 0.3 is 0 Å². The van der Waals surface area contributed by atoms with E-state index in [0.29, 0.717) is 12.3 Å². The lowest BCUT2D eigenvalue weighted by atomic mass is 10.4. The van der Waals surface area contributed by atoms with Crippen LogP contribution in [0, 0.1) is 0 Å². The monoisotopic (exact) mass is 181 g/mol. The van der Waals surface area contributed by atoms with E-state index in [-0.39, 0.29) is 6.61 Å². The van der Waals surface area contributed by atoms with E-state index in [1.54, 1.807) is 6.07 Å². The Bertz CT molecular complexity index is 255. The summed E-state index contributed by atoms with van der Waals surface area (Å²) in [5, 5.41) is 11.9. The first-order valence-electron chi connectivity index (χ1n) is 4.37. The molecular formula is C10H15NO2. The van der Waals surface area contributed by atoms with Crippen molar-refractivity contribution in [3.05, 3.63) is 36.3 Å². The van der Waals surface area contributed by atoms with Crippen molar-refractivity contribution in [3.8, 4) is 0 Å². The van der Waals surface area contributed by atoms with Crippen LogP contribution in [-0.2, 0) is 13.2 Å². The summed E-state index contributed by atoms with van der Waals surface area (Å²) in [5.74, 6) is 1.47. The maximum absolute atomic E-state index is 8.73. The minimum atomic E-state index is -0.0351. The Labute approximate surface area is 78.1 Å². The molecule has 0 radical (unpaired) electrons. The van der Waals surface area contributed by atoms with E-state index < -0.39 is 0 Å². The highest BCUT2D eigenvalue weighted by atomic mass is 16.4. The lowest BCUT2D eigenvalue weighted by Crippen LogP contribution is -2.13. The highest BCUT2D eigenvalue weighted by Gasteiger charge is 1.98. The summed E-state index contributed by atoms with van der Waals surface area (Å²) in [5.41, 5.74) is 0. The first kappa shape index (κ1) is 10.0. The van der Waals surface area contributed by atoms with Crippen LogP contribution in [0.4, 0.5) is 0 Å². The Balaban J connectivity index is 2.24. The zero-order valence-corrected chi connectivity index (χ0v) is 7.62. The van der Waals surface area contributed by atoms with Crippen LogP contribution < -0.4 is 5.32 Å². The van der Waals surface area contributed by atoms with E-state index in [0.717, 1.165) is 18.7 Å². The normalized spacial score (nSPS) is 10.2. The van der Waals surface area contributed by atoms with Crippen molar-refractivity contribution in [2.24, 2.45) is 0 Å². The SMILES string of the molecule is C=CCCNCc1ccc(CO)o1. The van der Waals surface area contributed by atoms with Gasteiger partial charge in [-0.25, -0.2) is 0 Å². The first-order valence-corrected chi connectivity index (χ1v) is 4.37. The number of rotatable bonds is 6.